The first kappa shape index (κ1) is 22.2. The quantitative estimate of drug-likeness (QED) is 0.677. The molecule has 0 aromatic heterocycles. The van der Waals surface area contributed by atoms with Gasteiger partial charge in [-0.1, -0.05) is 68.2 Å². The molecule has 1 heteroatoms. The van der Waals surface area contributed by atoms with Gasteiger partial charge in [-0.2, -0.15) is 0 Å². The summed E-state index contributed by atoms with van der Waals surface area (Å²) in [5.74, 6) is 1.88. The van der Waals surface area contributed by atoms with E-state index < -0.39 is 0 Å². The van der Waals surface area contributed by atoms with E-state index in [9.17, 15) is 0 Å². The van der Waals surface area contributed by atoms with Crippen molar-refractivity contribution in [3.63, 3.8) is 0 Å². The summed E-state index contributed by atoms with van der Waals surface area (Å²) in [6.07, 6.45) is 4.16. The van der Waals surface area contributed by atoms with E-state index in [0.29, 0.717) is 0 Å². The molecule has 0 aromatic rings. The van der Waals surface area contributed by atoms with Crippen molar-refractivity contribution in [1.82, 2.24) is 5.32 Å². The zero-order valence-corrected chi connectivity index (χ0v) is 14.1. The highest BCUT2D eigenvalue weighted by Gasteiger charge is 2.23. The standard InChI is InChI=1S/C10H21N.3C2H6/c1-4-5-10-6-9(3)11-7-8(10)2;3*1-2/h8-11H,4-7H2,1-3H3;3*1-2H3. The zero-order valence-electron chi connectivity index (χ0n) is 14.1. The van der Waals surface area contributed by atoms with E-state index in [2.05, 4.69) is 26.1 Å². The third-order valence-corrected chi connectivity index (χ3v) is 2.91. The van der Waals surface area contributed by atoms with Crippen LogP contribution in [0.5, 0.6) is 0 Å². The van der Waals surface area contributed by atoms with Crippen LogP contribution in [0.3, 0.4) is 0 Å². The van der Waals surface area contributed by atoms with Crippen LogP contribution in [0, 0.1) is 11.8 Å². The highest BCUT2D eigenvalue weighted by atomic mass is 14.9. The summed E-state index contributed by atoms with van der Waals surface area (Å²) in [5, 5.41) is 3.52. The second kappa shape index (κ2) is 18.3. The zero-order chi connectivity index (χ0) is 14.3. The molecule has 108 valence electrons. The van der Waals surface area contributed by atoms with Gasteiger partial charge in [-0.25, -0.2) is 0 Å². The third-order valence-electron chi connectivity index (χ3n) is 2.91. The lowest BCUT2D eigenvalue weighted by Gasteiger charge is -2.33. The van der Waals surface area contributed by atoms with E-state index in [1.807, 2.05) is 41.5 Å². The Morgan fingerprint density at radius 3 is 1.82 bits per heavy atom. The summed E-state index contributed by atoms with van der Waals surface area (Å²) in [6, 6.07) is 0.753. The highest BCUT2D eigenvalue weighted by Crippen LogP contribution is 2.25. The Kier molecular flexibility index (Phi) is 23.9. The molecule has 0 saturated carbocycles. The van der Waals surface area contributed by atoms with Gasteiger partial charge in [0.05, 0.1) is 0 Å². The molecule has 3 unspecified atom stereocenters. The van der Waals surface area contributed by atoms with Gasteiger partial charge in [0.25, 0.3) is 0 Å². The lowest BCUT2D eigenvalue weighted by Crippen LogP contribution is -2.41. The normalized spacial score (nSPS) is 26.3. The number of hydrogen-bond acceptors (Lipinski definition) is 1. The highest BCUT2D eigenvalue weighted by molar-refractivity contribution is 4.79. The van der Waals surface area contributed by atoms with E-state index in [4.69, 9.17) is 0 Å². The molecule has 0 bridgehead atoms. The first-order chi connectivity index (χ1) is 8.24. The molecule has 1 N–H and O–H groups in total. The lowest BCUT2D eigenvalue weighted by molar-refractivity contribution is 0.219. The average molecular weight is 245 g/mol. The molecule has 0 aliphatic carbocycles. The molecule has 3 atom stereocenters. The maximum Gasteiger partial charge on any atom is 0.00415 e. The van der Waals surface area contributed by atoms with Crippen molar-refractivity contribution in [2.45, 2.75) is 87.6 Å². The predicted molar refractivity (Wildman–Crippen MR) is 83.7 cm³/mol. The van der Waals surface area contributed by atoms with E-state index >= 15 is 0 Å². The van der Waals surface area contributed by atoms with E-state index in [-0.39, 0.29) is 0 Å². The molecule has 0 amide bonds. The topological polar surface area (TPSA) is 12.0 Å². The van der Waals surface area contributed by atoms with Crippen LogP contribution in [0.15, 0.2) is 0 Å². The minimum atomic E-state index is 0.753. The molecule has 1 aliphatic rings. The van der Waals surface area contributed by atoms with Crippen molar-refractivity contribution >= 4 is 0 Å². The SMILES string of the molecule is CC.CC.CC.CCCC1CC(C)NCC1C. The van der Waals surface area contributed by atoms with Gasteiger partial charge in [0.15, 0.2) is 0 Å². The van der Waals surface area contributed by atoms with Crippen molar-refractivity contribution in [2.75, 3.05) is 6.54 Å². The Labute approximate surface area is 112 Å². The Balaban J connectivity index is -0.000000285. The number of rotatable bonds is 2. The first-order valence-corrected chi connectivity index (χ1v) is 7.97. The van der Waals surface area contributed by atoms with Crippen molar-refractivity contribution < 1.29 is 0 Å². The van der Waals surface area contributed by atoms with Gasteiger partial charge in [0.1, 0.15) is 0 Å². The second-order valence-corrected chi connectivity index (χ2v) is 4.07. The molecule has 1 saturated heterocycles. The fourth-order valence-electron chi connectivity index (χ4n) is 2.10. The molecule has 0 radical (unpaired) electrons. The molecular formula is C16H39N. The van der Waals surface area contributed by atoms with Crippen LogP contribution in [0.2, 0.25) is 0 Å². The fourth-order valence-corrected chi connectivity index (χ4v) is 2.10. The number of hydrogen-bond donors (Lipinski definition) is 1. The minimum absolute atomic E-state index is 0.753. The van der Waals surface area contributed by atoms with Crippen molar-refractivity contribution in [2.24, 2.45) is 11.8 Å². The summed E-state index contributed by atoms with van der Waals surface area (Å²) >= 11 is 0. The first-order valence-electron chi connectivity index (χ1n) is 7.97. The van der Waals surface area contributed by atoms with Crippen molar-refractivity contribution in [3.8, 4) is 0 Å². The van der Waals surface area contributed by atoms with Crippen LogP contribution in [0.4, 0.5) is 0 Å². The molecule has 1 fully saturated rings. The maximum absolute atomic E-state index is 3.52. The average Bonchev–Trinajstić information content (AvgIpc) is 2.41. The van der Waals surface area contributed by atoms with Gasteiger partial charge in [-0.3, -0.25) is 0 Å². The molecule has 0 spiro atoms. The largest absolute Gasteiger partial charge is 0.314 e. The maximum atomic E-state index is 3.52. The molecular weight excluding hydrogens is 206 g/mol. The van der Waals surface area contributed by atoms with Crippen molar-refractivity contribution in [1.29, 1.82) is 0 Å². The van der Waals surface area contributed by atoms with E-state index in [1.165, 1.54) is 25.8 Å². The van der Waals surface area contributed by atoms with E-state index in [1.54, 1.807) is 0 Å². The number of piperidine rings is 1. The van der Waals surface area contributed by atoms with Crippen LogP contribution in [0.25, 0.3) is 0 Å². The van der Waals surface area contributed by atoms with Gasteiger partial charge >= 0.3 is 0 Å². The second-order valence-electron chi connectivity index (χ2n) is 4.07. The summed E-state index contributed by atoms with van der Waals surface area (Å²) in [5.41, 5.74) is 0. The Bertz CT molecular complexity index is 112. The molecule has 1 rings (SSSR count). The fraction of sp³-hybridized carbons (Fsp3) is 1.00. The molecule has 1 aliphatic heterocycles. The van der Waals surface area contributed by atoms with E-state index in [0.717, 1.165) is 17.9 Å². The summed E-state index contributed by atoms with van der Waals surface area (Å²) in [6.45, 7) is 20.2. The van der Waals surface area contributed by atoms with Crippen LogP contribution in [-0.2, 0) is 0 Å². The molecule has 1 nitrogen and oxygen atoms in total. The smallest absolute Gasteiger partial charge is 0.00415 e. The lowest BCUT2D eigenvalue weighted by atomic mass is 9.82. The van der Waals surface area contributed by atoms with Crippen LogP contribution in [-0.4, -0.2) is 12.6 Å². The molecule has 0 aromatic carbocycles. The monoisotopic (exact) mass is 245 g/mol. The van der Waals surface area contributed by atoms with Crippen LogP contribution in [0.1, 0.15) is 81.6 Å². The molecule has 17 heavy (non-hydrogen) atoms. The Morgan fingerprint density at radius 2 is 1.41 bits per heavy atom. The summed E-state index contributed by atoms with van der Waals surface area (Å²) in [7, 11) is 0. The van der Waals surface area contributed by atoms with Crippen LogP contribution < -0.4 is 5.32 Å². The Morgan fingerprint density at radius 1 is 0.941 bits per heavy atom. The summed E-state index contributed by atoms with van der Waals surface area (Å²) in [4.78, 5) is 0. The number of nitrogens with one attached hydrogen (secondary N) is 1. The van der Waals surface area contributed by atoms with Gasteiger partial charge in [-0.15, -0.1) is 0 Å². The van der Waals surface area contributed by atoms with Gasteiger partial charge in [0.2, 0.25) is 0 Å². The third kappa shape index (κ3) is 12.2. The Hall–Kier alpha value is -0.0400. The summed E-state index contributed by atoms with van der Waals surface area (Å²) < 4.78 is 0. The minimum Gasteiger partial charge on any atom is -0.314 e. The van der Waals surface area contributed by atoms with Gasteiger partial charge < -0.3 is 5.32 Å². The predicted octanol–water partition coefficient (Wildman–Crippen LogP) is 5.50. The van der Waals surface area contributed by atoms with Gasteiger partial charge in [-0.05, 0) is 31.7 Å². The van der Waals surface area contributed by atoms with Crippen molar-refractivity contribution in [3.05, 3.63) is 0 Å². The van der Waals surface area contributed by atoms with Gasteiger partial charge in [0, 0.05) is 6.04 Å². The van der Waals surface area contributed by atoms with Crippen LogP contribution >= 0.6 is 0 Å². The molecule has 1 heterocycles.